The predicted molar refractivity (Wildman–Crippen MR) is 70.4 cm³/mol. The molecule has 1 heterocycles. The summed E-state index contributed by atoms with van der Waals surface area (Å²) in [5.74, 6) is -1.14. The highest BCUT2D eigenvalue weighted by Gasteiger charge is 2.39. The number of nitrogens with zero attached hydrogens (tertiary/aromatic N) is 1. The van der Waals surface area contributed by atoms with Gasteiger partial charge in [-0.05, 0) is 31.0 Å². The Morgan fingerprint density at radius 3 is 2.74 bits per heavy atom. The molecule has 1 aromatic carbocycles. The average molecular weight is 305 g/mol. The first-order valence-electron chi connectivity index (χ1n) is 5.63. The van der Waals surface area contributed by atoms with Gasteiger partial charge in [0.25, 0.3) is 0 Å². The summed E-state index contributed by atoms with van der Waals surface area (Å²) in [5.41, 5.74) is 5.73. The highest BCUT2D eigenvalue weighted by atomic mass is 35.5. The summed E-state index contributed by atoms with van der Waals surface area (Å²) in [4.78, 5) is 11.0. The van der Waals surface area contributed by atoms with Crippen LogP contribution in [-0.2, 0) is 14.8 Å². The molecule has 0 saturated carbocycles. The summed E-state index contributed by atoms with van der Waals surface area (Å²) < 4.78 is 25.8. The molecular weight excluding hydrogens is 292 g/mol. The van der Waals surface area contributed by atoms with E-state index in [0.717, 1.165) is 4.31 Å². The molecular formula is C11H13ClN2O4S. The number of aliphatic carboxylic acids is 1. The number of hydrogen-bond donors (Lipinski definition) is 2. The van der Waals surface area contributed by atoms with Crippen molar-refractivity contribution >= 4 is 33.3 Å². The number of rotatable bonds is 3. The van der Waals surface area contributed by atoms with Crippen LogP contribution in [0.15, 0.2) is 23.1 Å². The van der Waals surface area contributed by atoms with Crippen LogP contribution in [0.5, 0.6) is 0 Å². The van der Waals surface area contributed by atoms with Crippen molar-refractivity contribution in [3.8, 4) is 0 Å². The minimum atomic E-state index is -3.86. The molecule has 1 unspecified atom stereocenters. The van der Waals surface area contributed by atoms with E-state index in [-0.39, 0.29) is 22.2 Å². The molecule has 1 saturated heterocycles. The molecule has 3 N–H and O–H groups in total. The summed E-state index contributed by atoms with van der Waals surface area (Å²) >= 11 is 5.74. The monoisotopic (exact) mass is 304 g/mol. The van der Waals surface area contributed by atoms with E-state index in [1.807, 2.05) is 0 Å². The van der Waals surface area contributed by atoms with Gasteiger partial charge in [-0.15, -0.1) is 0 Å². The Kier molecular flexibility index (Phi) is 3.71. The summed E-state index contributed by atoms with van der Waals surface area (Å²) in [7, 11) is -3.86. The topological polar surface area (TPSA) is 101 Å². The van der Waals surface area contributed by atoms with Crippen LogP contribution in [-0.4, -0.2) is 36.4 Å². The van der Waals surface area contributed by atoms with Crippen LogP contribution >= 0.6 is 11.6 Å². The zero-order chi connectivity index (χ0) is 14.2. The number of nitrogen functional groups attached to an aromatic ring is 1. The Balaban J connectivity index is 2.42. The van der Waals surface area contributed by atoms with Gasteiger partial charge in [-0.1, -0.05) is 11.6 Å². The fourth-order valence-corrected chi connectivity index (χ4v) is 3.90. The Morgan fingerprint density at radius 2 is 2.16 bits per heavy atom. The minimum absolute atomic E-state index is 0.0393. The van der Waals surface area contributed by atoms with E-state index in [4.69, 9.17) is 22.4 Å². The summed E-state index contributed by atoms with van der Waals surface area (Å²) in [6.07, 6.45) is 0.844. The second-order valence-electron chi connectivity index (χ2n) is 4.30. The van der Waals surface area contributed by atoms with Crippen molar-refractivity contribution in [1.82, 2.24) is 4.31 Å². The zero-order valence-corrected chi connectivity index (χ0v) is 11.5. The molecule has 0 spiro atoms. The summed E-state index contributed by atoms with van der Waals surface area (Å²) in [6.45, 7) is 0.196. The van der Waals surface area contributed by atoms with E-state index >= 15 is 0 Å². The van der Waals surface area contributed by atoms with Crippen molar-refractivity contribution < 1.29 is 18.3 Å². The normalized spacial score (nSPS) is 20.6. The molecule has 1 aromatic rings. The van der Waals surface area contributed by atoms with Gasteiger partial charge < -0.3 is 10.8 Å². The average Bonchev–Trinajstić information content (AvgIpc) is 2.82. The molecule has 0 radical (unpaired) electrons. The van der Waals surface area contributed by atoms with Crippen molar-refractivity contribution in [3.05, 3.63) is 23.2 Å². The molecule has 6 nitrogen and oxygen atoms in total. The first-order valence-corrected chi connectivity index (χ1v) is 7.45. The van der Waals surface area contributed by atoms with Gasteiger partial charge in [-0.3, -0.25) is 4.79 Å². The van der Waals surface area contributed by atoms with Crippen molar-refractivity contribution in [3.63, 3.8) is 0 Å². The Labute approximate surface area is 115 Å². The molecule has 0 aliphatic carbocycles. The maximum absolute atomic E-state index is 12.4. The van der Waals surface area contributed by atoms with Crippen molar-refractivity contribution in [2.75, 3.05) is 12.3 Å². The molecule has 8 heteroatoms. The SMILES string of the molecule is Nc1cc(S(=O)(=O)N2CCCC2C(=O)O)ccc1Cl. The number of benzene rings is 1. The Hall–Kier alpha value is -1.31. The summed E-state index contributed by atoms with van der Waals surface area (Å²) in [6, 6.07) is 2.94. The molecule has 104 valence electrons. The third kappa shape index (κ3) is 2.54. The first kappa shape index (κ1) is 14.1. The third-order valence-corrected chi connectivity index (χ3v) is 5.31. The van der Waals surface area contributed by atoms with E-state index in [1.165, 1.54) is 18.2 Å². The molecule has 19 heavy (non-hydrogen) atoms. The van der Waals surface area contributed by atoms with E-state index < -0.39 is 22.0 Å². The molecule has 2 rings (SSSR count). The highest BCUT2D eigenvalue weighted by Crippen LogP contribution is 2.29. The number of anilines is 1. The maximum atomic E-state index is 12.4. The number of carboxylic acid groups (broad SMARTS) is 1. The number of sulfonamides is 1. The largest absolute Gasteiger partial charge is 0.480 e. The van der Waals surface area contributed by atoms with E-state index in [9.17, 15) is 13.2 Å². The lowest BCUT2D eigenvalue weighted by Gasteiger charge is -2.21. The molecule has 1 atom stereocenters. The number of hydrogen-bond acceptors (Lipinski definition) is 4. The number of carboxylic acids is 1. The van der Waals surface area contributed by atoms with Gasteiger partial charge in [-0.25, -0.2) is 8.42 Å². The zero-order valence-electron chi connectivity index (χ0n) is 9.91. The van der Waals surface area contributed by atoms with Gasteiger partial charge >= 0.3 is 5.97 Å². The van der Waals surface area contributed by atoms with Crippen LogP contribution < -0.4 is 5.73 Å². The van der Waals surface area contributed by atoms with Gasteiger partial charge in [-0.2, -0.15) is 4.31 Å². The second-order valence-corrected chi connectivity index (χ2v) is 6.59. The second kappa shape index (κ2) is 4.99. The molecule has 1 fully saturated rings. The van der Waals surface area contributed by atoms with Crippen LogP contribution in [0.1, 0.15) is 12.8 Å². The standard InChI is InChI=1S/C11H13ClN2O4S/c12-8-4-3-7(6-9(8)13)19(17,18)14-5-1-2-10(14)11(15)16/h3-4,6,10H,1-2,5,13H2,(H,15,16). The fourth-order valence-electron chi connectivity index (χ4n) is 2.09. The van der Waals surface area contributed by atoms with Crippen molar-refractivity contribution in [1.29, 1.82) is 0 Å². The number of carbonyl (C=O) groups is 1. The number of nitrogens with two attached hydrogens (primary N) is 1. The molecule has 0 bridgehead atoms. The Morgan fingerprint density at radius 1 is 1.47 bits per heavy atom. The van der Waals surface area contributed by atoms with Crippen LogP contribution in [0.3, 0.4) is 0 Å². The lowest BCUT2D eigenvalue weighted by molar-refractivity contribution is -0.140. The van der Waals surface area contributed by atoms with Crippen LogP contribution in [0.2, 0.25) is 5.02 Å². The molecule has 1 aliphatic rings. The lowest BCUT2D eigenvalue weighted by Crippen LogP contribution is -2.40. The van der Waals surface area contributed by atoms with Crippen LogP contribution in [0.4, 0.5) is 5.69 Å². The van der Waals surface area contributed by atoms with E-state index in [0.29, 0.717) is 12.8 Å². The quantitative estimate of drug-likeness (QED) is 0.816. The van der Waals surface area contributed by atoms with Gasteiger partial charge in [0.2, 0.25) is 10.0 Å². The predicted octanol–water partition coefficient (Wildman–Crippen LogP) is 1.16. The highest BCUT2D eigenvalue weighted by molar-refractivity contribution is 7.89. The van der Waals surface area contributed by atoms with E-state index in [1.54, 1.807) is 0 Å². The Bertz CT molecular complexity index is 617. The lowest BCUT2D eigenvalue weighted by atomic mass is 10.2. The van der Waals surface area contributed by atoms with Gasteiger partial charge in [0, 0.05) is 6.54 Å². The molecule has 0 aromatic heterocycles. The fraction of sp³-hybridized carbons (Fsp3) is 0.364. The van der Waals surface area contributed by atoms with Crippen molar-refractivity contribution in [2.45, 2.75) is 23.8 Å². The smallest absolute Gasteiger partial charge is 0.322 e. The summed E-state index contributed by atoms with van der Waals surface area (Å²) in [5, 5.41) is 9.30. The van der Waals surface area contributed by atoms with Crippen LogP contribution in [0.25, 0.3) is 0 Å². The maximum Gasteiger partial charge on any atom is 0.322 e. The van der Waals surface area contributed by atoms with Gasteiger partial charge in [0.05, 0.1) is 15.6 Å². The number of halogens is 1. The van der Waals surface area contributed by atoms with Crippen molar-refractivity contribution in [2.24, 2.45) is 0 Å². The van der Waals surface area contributed by atoms with Gasteiger partial charge in [0.15, 0.2) is 0 Å². The molecule has 1 aliphatic heterocycles. The minimum Gasteiger partial charge on any atom is -0.480 e. The van der Waals surface area contributed by atoms with Gasteiger partial charge in [0.1, 0.15) is 6.04 Å². The van der Waals surface area contributed by atoms with E-state index in [2.05, 4.69) is 0 Å². The third-order valence-electron chi connectivity index (χ3n) is 3.06. The molecule has 0 amide bonds. The van der Waals surface area contributed by atoms with Crippen LogP contribution in [0, 0.1) is 0 Å². The first-order chi connectivity index (χ1) is 8.84.